The van der Waals surface area contributed by atoms with Gasteiger partial charge in [-0.3, -0.25) is 9.32 Å². The molecule has 0 saturated heterocycles. The van der Waals surface area contributed by atoms with Crippen molar-refractivity contribution in [2.24, 2.45) is 0 Å². The summed E-state index contributed by atoms with van der Waals surface area (Å²) in [5.74, 6) is -0.449. The van der Waals surface area contributed by atoms with Crippen LogP contribution in [0.2, 0.25) is 0 Å². The average molecular weight is 329 g/mol. The van der Waals surface area contributed by atoms with Crippen LogP contribution in [-0.2, 0) is 11.3 Å². The second-order valence-electron chi connectivity index (χ2n) is 4.81. The fraction of sp³-hybridized carbons (Fsp3) is 0.188. The minimum Gasteiger partial charge on any atom is -0.311 e. The summed E-state index contributed by atoms with van der Waals surface area (Å²) in [5.41, 5.74) is 0.794. The number of rotatable bonds is 5. The van der Waals surface area contributed by atoms with Gasteiger partial charge in [-0.1, -0.05) is 29.4 Å². The molecule has 0 spiro atoms. The Morgan fingerprint density at radius 2 is 2.04 bits per heavy atom. The highest BCUT2D eigenvalue weighted by atomic mass is 32.1. The van der Waals surface area contributed by atoms with Gasteiger partial charge in [-0.15, -0.1) is 11.3 Å². The van der Waals surface area contributed by atoms with Crippen LogP contribution in [0.25, 0.3) is 10.7 Å². The van der Waals surface area contributed by atoms with Crippen LogP contribution in [0.5, 0.6) is 0 Å². The van der Waals surface area contributed by atoms with E-state index in [1.165, 1.54) is 15.9 Å². The molecule has 118 valence electrons. The first kappa shape index (κ1) is 15.2. The highest BCUT2D eigenvalue weighted by Gasteiger charge is 2.20. The standard InChI is InChI=1S/C16H15N3O3S/c1-2-18(12-7-4-3-5-8-12)14(20)11-19-15(17-22-16(19)21)13-9-6-10-23-13/h3-10H,2,11H2,1H3. The van der Waals surface area contributed by atoms with Crippen molar-refractivity contribution in [3.05, 3.63) is 58.4 Å². The second-order valence-corrected chi connectivity index (χ2v) is 5.76. The molecule has 0 N–H and O–H groups in total. The van der Waals surface area contributed by atoms with Crippen molar-refractivity contribution in [1.82, 2.24) is 9.72 Å². The van der Waals surface area contributed by atoms with E-state index >= 15 is 0 Å². The van der Waals surface area contributed by atoms with E-state index in [1.54, 1.807) is 4.90 Å². The first-order valence-corrected chi connectivity index (χ1v) is 8.04. The number of anilines is 1. The molecular formula is C16H15N3O3S. The number of aromatic nitrogens is 2. The van der Waals surface area contributed by atoms with Gasteiger partial charge < -0.3 is 4.90 Å². The Bertz CT molecular complexity index is 837. The molecule has 0 aliphatic heterocycles. The fourth-order valence-corrected chi connectivity index (χ4v) is 3.04. The quantitative estimate of drug-likeness (QED) is 0.721. The maximum absolute atomic E-state index is 12.6. The van der Waals surface area contributed by atoms with Crippen molar-refractivity contribution in [3.63, 3.8) is 0 Å². The van der Waals surface area contributed by atoms with Gasteiger partial charge in [-0.05, 0) is 30.5 Å². The Kier molecular flexibility index (Phi) is 4.38. The van der Waals surface area contributed by atoms with Crippen LogP contribution in [-0.4, -0.2) is 22.2 Å². The van der Waals surface area contributed by atoms with Crippen molar-refractivity contribution in [1.29, 1.82) is 0 Å². The molecule has 0 saturated carbocycles. The summed E-state index contributed by atoms with van der Waals surface area (Å²) in [6.45, 7) is 2.29. The Morgan fingerprint density at radius 1 is 1.26 bits per heavy atom. The summed E-state index contributed by atoms with van der Waals surface area (Å²) in [6.07, 6.45) is 0. The lowest BCUT2D eigenvalue weighted by Gasteiger charge is -2.21. The molecule has 1 aromatic carbocycles. The summed E-state index contributed by atoms with van der Waals surface area (Å²) in [5, 5.41) is 5.66. The Hall–Kier alpha value is -2.67. The third-order valence-corrected chi connectivity index (χ3v) is 4.27. The number of hydrogen-bond donors (Lipinski definition) is 0. The van der Waals surface area contributed by atoms with E-state index in [0.29, 0.717) is 12.4 Å². The molecule has 0 unspecified atom stereocenters. The molecule has 0 fully saturated rings. The van der Waals surface area contributed by atoms with Gasteiger partial charge in [0.2, 0.25) is 5.91 Å². The molecule has 0 bridgehead atoms. The van der Waals surface area contributed by atoms with Gasteiger partial charge >= 0.3 is 5.76 Å². The van der Waals surface area contributed by atoms with E-state index in [2.05, 4.69) is 5.16 Å². The number of carbonyl (C=O) groups excluding carboxylic acids is 1. The molecule has 3 rings (SSSR count). The zero-order valence-corrected chi connectivity index (χ0v) is 13.3. The maximum Gasteiger partial charge on any atom is 0.442 e. The van der Waals surface area contributed by atoms with Crippen LogP contribution in [0, 0.1) is 0 Å². The van der Waals surface area contributed by atoms with Crippen molar-refractivity contribution in [3.8, 4) is 10.7 Å². The lowest BCUT2D eigenvalue weighted by Crippen LogP contribution is -2.35. The fourth-order valence-electron chi connectivity index (χ4n) is 2.32. The first-order chi connectivity index (χ1) is 11.2. The second kappa shape index (κ2) is 6.62. The van der Waals surface area contributed by atoms with Crippen LogP contribution >= 0.6 is 11.3 Å². The summed E-state index contributed by atoms with van der Waals surface area (Å²) < 4.78 is 6.00. The number of benzene rings is 1. The molecule has 2 heterocycles. The lowest BCUT2D eigenvalue weighted by molar-refractivity contribution is -0.119. The van der Waals surface area contributed by atoms with Crippen LogP contribution in [0.4, 0.5) is 5.69 Å². The molecule has 3 aromatic rings. The van der Waals surface area contributed by atoms with Gasteiger partial charge in [0.25, 0.3) is 0 Å². The summed E-state index contributed by atoms with van der Waals surface area (Å²) in [4.78, 5) is 26.9. The zero-order chi connectivity index (χ0) is 16.2. The molecule has 0 radical (unpaired) electrons. The number of likely N-dealkylation sites (N-methyl/N-ethyl adjacent to an activating group) is 1. The molecular weight excluding hydrogens is 314 g/mol. The number of carbonyl (C=O) groups is 1. The Balaban J connectivity index is 1.89. The summed E-state index contributed by atoms with van der Waals surface area (Å²) in [7, 11) is 0. The van der Waals surface area contributed by atoms with E-state index in [4.69, 9.17) is 4.52 Å². The lowest BCUT2D eigenvalue weighted by atomic mass is 10.3. The summed E-state index contributed by atoms with van der Waals surface area (Å²) in [6, 6.07) is 13.0. The van der Waals surface area contributed by atoms with Gasteiger partial charge in [0.15, 0.2) is 5.82 Å². The van der Waals surface area contributed by atoms with Gasteiger partial charge in [-0.2, -0.15) is 0 Å². The largest absolute Gasteiger partial charge is 0.442 e. The highest BCUT2D eigenvalue weighted by Crippen LogP contribution is 2.22. The Labute approximate surface area is 136 Å². The smallest absolute Gasteiger partial charge is 0.311 e. The number of thiophene rings is 1. The van der Waals surface area contributed by atoms with Crippen LogP contribution in [0.15, 0.2) is 57.2 Å². The van der Waals surface area contributed by atoms with E-state index in [-0.39, 0.29) is 12.5 Å². The third kappa shape index (κ3) is 3.09. The zero-order valence-electron chi connectivity index (χ0n) is 12.5. The number of amides is 1. The molecule has 0 aliphatic carbocycles. The molecule has 7 heteroatoms. The number of hydrogen-bond acceptors (Lipinski definition) is 5. The molecule has 1 amide bonds. The molecule has 6 nitrogen and oxygen atoms in total. The van der Waals surface area contributed by atoms with E-state index in [1.807, 2.05) is 54.8 Å². The average Bonchev–Trinajstić information content (AvgIpc) is 3.20. The van der Waals surface area contributed by atoms with Gasteiger partial charge in [0.1, 0.15) is 6.54 Å². The Morgan fingerprint density at radius 3 is 2.70 bits per heavy atom. The van der Waals surface area contributed by atoms with E-state index in [9.17, 15) is 9.59 Å². The van der Waals surface area contributed by atoms with Crippen LogP contribution < -0.4 is 10.7 Å². The van der Waals surface area contributed by atoms with Crippen LogP contribution in [0.1, 0.15) is 6.92 Å². The van der Waals surface area contributed by atoms with Gasteiger partial charge in [0, 0.05) is 12.2 Å². The van der Waals surface area contributed by atoms with E-state index < -0.39 is 5.76 Å². The van der Waals surface area contributed by atoms with E-state index in [0.717, 1.165) is 10.6 Å². The molecule has 0 atom stereocenters. The predicted octanol–water partition coefficient (Wildman–Crippen LogP) is 2.62. The summed E-state index contributed by atoms with van der Waals surface area (Å²) >= 11 is 1.43. The topological polar surface area (TPSA) is 68.3 Å². The number of nitrogens with zero attached hydrogens (tertiary/aromatic N) is 3. The normalized spacial score (nSPS) is 10.7. The molecule has 0 aliphatic rings. The van der Waals surface area contributed by atoms with Crippen LogP contribution in [0.3, 0.4) is 0 Å². The van der Waals surface area contributed by atoms with Gasteiger partial charge in [-0.25, -0.2) is 9.36 Å². The molecule has 23 heavy (non-hydrogen) atoms. The predicted molar refractivity (Wildman–Crippen MR) is 88.5 cm³/mol. The third-order valence-electron chi connectivity index (χ3n) is 3.41. The van der Waals surface area contributed by atoms with Crippen molar-refractivity contribution < 1.29 is 9.32 Å². The van der Waals surface area contributed by atoms with Crippen molar-refractivity contribution in [2.75, 3.05) is 11.4 Å². The van der Waals surface area contributed by atoms with Crippen molar-refractivity contribution >= 4 is 22.9 Å². The number of para-hydroxylation sites is 1. The van der Waals surface area contributed by atoms with Crippen molar-refractivity contribution in [2.45, 2.75) is 13.5 Å². The minimum atomic E-state index is -0.633. The minimum absolute atomic E-state index is 0.113. The maximum atomic E-state index is 12.6. The molecule has 2 aromatic heterocycles. The van der Waals surface area contributed by atoms with Gasteiger partial charge in [0.05, 0.1) is 4.88 Å². The monoisotopic (exact) mass is 329 g/mol. The SMILES string of the molecule is CCN(C(=O)Cn1c(-c2cccs2)noc1=O)c1ccccc1. The first-order valence-electron chi connectivity index (χ1n) is 7.16. The highest BCUT2D eigenvalue weighted by molar-refractivity contribution is 7.13.